The summed E-state index contributed by atoms with van der Waals surface area (Å²) in [6, 6.07) is 6.66. The molecule has 0 amide bonds. The van der Waals surface area contributed by atoms with Gasteiger partial charge in [0.05, 0.1) is 12.7 Å². The van der Waals surface area contributed by atoms with Crippen LogP contribution in [0.3, 0.4) is 0 Å². The predicted octanol–water partition coefficient (Wildman–Crippen LogP) is 2.16. The van der Waals surface area contributed by atoms with Gasteiger partial charge >= 0.3 is 0 Å². The van der Waals surface area contributed by atoms with Gasteiger partial charge in [-0.25, -0.2) is 0 Å². The molecule has 2 bridgehead atoms. The Balaban J connectivity index is 1.93. The molecule has 1 saturated carbocycles. The maximum Gasteiger partial charge on any atom is 0.119 e. The van der Waals surface area contributed by atoms with Crippen molar-refractivity contribution in [2.24, 2.45) is 0 Å². The lowest BCUT2D eigenvalue weighted by molar-refractivity contribution is -0.124. The summed E-state index contributed by atoms with van der Waals surface area (Å²) in [6.07, 6.45) is 6.41. The van der Waals surface area contributed by atoms with Crippen molar-refractivity contribution >= 4 is 0 Å². The minimum absolute atomic E-state index is 0.0523. The number of benzene rings is 1. The highest BCUT2D eigenvalue weighted by atomic mass is 16.5. The van der Waals surface area contributed by atoms with Crippen LogP contribution in [0.4, 0.5) is 0 Å². The molecule has 0 aromatic heterocycles. The van der Waals surface area contributed by atoms with Crippen LogP contribution in [0.15, 0.2) is 18.2 Å². The van der Waals surface area contributed by atoms with Crippen LogP contribution in [0.5, 0.6) is 5.75 Å². The average Bonchev–Trinajstić information content (AvgIpc) is 2.46. The van der Waals surface area contributed by atoms with Gasteiger partial charge in [0.25, 0.3) is 0 Å². The minimum atomic E-state index is -0.567. The molecule has 2 N–H and O–H groups in total. The highest BCUT2D eigenvalue weighted by Gasteiger charge is 2.61. The Morgan fingerprint density at radius 1 is 1.25 bits per heavy atom. The SMILES string of the molecule is COc1ccc2c(c1)[C@]13CCCC[C@]1(O)[C@H](C2)NCC3. The Morgan fingerprint density at radius 2 is 2.10 bits per heavy atom. The van der Waals surface area contributed by atoms with Gasteiger partial charge in [0, 0.05) is 11.5 Å². The van der Waals surface area contributed by atoms with Crippen molar-refractivity contribution in [3.05, 3.63) is 29.3 Å². The zero-order chi connectivity index (χ0) is 13.8. The Bertz CT molecular complexity index is 540. The number of piperidine rings is 1. The number of methoxy groups -OCH3 is 1. The van der Waals surface area contributed by atoms with Crippen molar-refractivity contribution in [1.29, 1.82) is 0 Å². The van der Waals surface area contributed by atoms with E-state index >= 15 is 0 Å². The molecule has 1 saturated heterocycles. The molecule has 108 valence electrons. The molecular weight excluding hydrogens is 250 g/mol. The van der Waals surface area contributed by atoms with Crippen LogP contribution >= 0.6 is 0 Å². The Labute approximate surface area is 120 Å². The summed E-state index contributed by atoms with van der Waals surface area (Å²) in [4.78, 5) is 0. The standard InChI is InChI=1S/C17H23NO2/c1-20-13-5-4-12-10-15-17(19)7-3-2-6-16(17,8-9-18-15)14(12)11-13/h4-5,11,15,18-19H,2-3,6-10H2,1H3/t15-,16+,17-/m0/s1. The largest absolute Gasteiger partial charge is 0.497 e. The molecular formula is C17H23NO2. The van der Waals surface area contributed by atoms with E-state index in [9.17, 15) is 5.11 Å². The van der Waals surface area contributed by atoms with Gasteiger partial charge in [-0.1, -0.05) is 18.9 Å². The van der Waals surface area contributed by atoms with Gasteiger partial charge in [-0.15, -0.1) is 0 Å². The first-order valence-corrected chi connectivity index (χ1v) is 7.83. The normalized spacial score (nSPS) is 38.8. The number of hydrogen-bond donors (Lipinski definition) is 2. The molecule has 1 heterocycles. The number of hydrogen-bond acceptors (Lipinski definition) is 3. The topological polar surface area (TPSA) is 41.5 Å². The molecule has 1 aromatic carbocycles. The average molecular weight is 273 g/mol. The van der Waals surface area contributed by atoms with Gasteiger partial charge in [0.15, 0.2) is 0 Å². The van der Waals surface area contributed by atoms with Crippen LogP contribution in [-0.2, 0) is 11.8 Å². The number of fused-ring (bicyclic) bond motifs is 1. The number of ether oxygens (including phenoxy) is 1. The van der Waals surface area contributed by atoms with Gasteiger partial charge in [-0.05, 0) is 55.5 Å². The third-order valence-corrected chi connectivity index (χ3v) is 6.02. The van der Waals surface area contributed by atoms with Gasteiger partial charge in [0.1, 0.15) is 5.75 Å². The highest BCUT2D eigenvalue weighted by molar-refractivity contribution is 5.48. The van der Waals surface area contributed by atoms with Gasteiger partial charge in [-0.2, -0.15) is 0 Å². The molecule has 20 heavy (non-hydrogen) atoms. The minimum Gasteiger partial charge on any atom is -0.497 e. The van der Waals surface area contributed by atoms with Gasteiger partial charge in [0.2, 0.25) is 0 Å². The van der Waals surface area contributed by atoms with E-state index in [-0.39, 0.29) is 11.5 Å². The first kappa shape index (κ1) is 12.7. The fourth-order valence-corrected chi connectivity index (χ4v) is 5.02. The monoisotopic (exact) mass is 273 g/mol. The Hall–Kier alpha value is -1.06. The van der Waals surface area contributed by atoms with E-state index in [4.69, 9.17) is 4.74 Å². The number of rotatable bonds is 1. The van der Waals surface area contributed by atoms with E-state index in [1.54, 1.807) is 7.11 Å². The van der Waals surface area contributed by atoms with E-state index in [2.05, 4.69) is 23.5 Å². The Morgan fingerprint density at radius 3 is 2.95 bits per heavy atom. The van der Waals surface area contributed by atoms with E-state index < -0.39 is 5.60 Å². The molecule has 3 heteroatoms. The van der Waals surface area contributed by atoms with E-state index in [0.717, 1.165) is 44.4 Å². The summed E-state index contributed by atoms with van der Waals surface area (Å²) in [7, 11) is 1.72. The summed E-state index contributed by atoms with van der Waals surface area (Å²) >= 11 is 0. The molecule has 3 aliphatic rings. The van der Waals surface area contributed by atoms with E-state index in [1.807, 2.05) is 0 Å². The first-order chi connectivity index (χ1) is 9.69. The molecule has 2 fully saturated rings. The van der Waals surface area contributed by atoms with Gasteiger partial charge < -0.3 is 15.2 Å². The fourth-order valence-electron chi connectivity index (χ4n) is 5.02. The number of nitrogens with one attached hydrogen (secondary N) is 1. The zero-order valence-electron chi connectivity index (χ0n) is 12.1. The summed E-state index contributed by atoms with van der Waals surface area (Å²) in [5, 5.41) is 15.0. The van der Waals surface area contributed by atoms with Crippen molar-refractivity contribution in [2.75, 3.05) is 13.7 Å². The lowest BCUT2D eigenvalue weighted by Crippen LogP contribution is -2.71. The molecule has 4 rings (SSSR count). The van der Waals surface area contributed by atoms with Crippen LogP contribution < -0.4 is 10.1 Å². The molecule has 1 aromatic rings. The van der Waals surface area contributed by atoms with E-state index in [0.29, 0.717) is 0 Å². The maximum absolute atomic E-state index is 11.5. The molecule has 2 aliphatic carbocycles. The maximum atomic E-state index is 11.5. The predicted molar refractivity (Wildman–Crippen MR) is 78.2 cm³/mol. The molecule has 3 nitrogen and oxygen atoms in total. The smallest absolute Gasteiger partial charge is 0.119 e. The molecule has 0 unspecified atom stereocenters. The van der Waals surface area contributed by atoms with Crippen molar-refractivity contribution in [3.8, 4) is 5.75 Å². The van der Waals surface area contributed by atoms with Crippen molar-refractivity contribution in [3.63, 3.8) is 0 Å². The second kappa shape index (κ2) is 4.22. The quantitative estimate of drug-likeness (QED) is 0.824. The second-order valence-corrected chi connectivity index (χ2v) is 6.70. The third-order valence-electron chi connectivity index (χ3n) is 6.02. The zero-order valence-corrected chi connectivity index (χ0v) is 12.1. The number of aliphatic hydroxyl groups is 1. The summed E-state index contributed by atoms with van der Waals surface area (Å²) in [6.45, 7) is 1.02. The van der Waals surface area contributed by atoms with Crippen LogP contribution in [0.25, 0.3) is 0 Å². The van der Waals surface area contributed by atoms with Crippen LogP contribution in [0, 0.1) is 0 Å². The Kier molecular flexibility index (Phi) is 2.67. The molecule has 1 aliphatic heterocycles. The fraction of sp³-hybridized carbons (Fsp3) is 0.647. The lowest BCUT2D eigenvalue weighted by Gasteiger charge is -2.61. The van der Waals surface area contributed by atoms with Crippen LogP contribution in [0.2, 0.25) is 0 Å². The van der Waals surface area contributed by atoms with Crippen LogP contribution in [-0.4, -0.2) is 30.4 Å². The summed E-state index contributed by atoms with van der Waals surface area (Å²) in [5.74, 6) is 0.919. The van der Waals surface area contributed by atoms with E-state index in [1.165, 1.54) is 17.5 Å². The second-order valence-electron chi connectivity index (χ2n) is 6.70. The third kappa shape index (κ3) is 1.43. The van der Waals surface area contributed by atoms with Crippen molar-refractivity contribution in [1.82, 2.24) is 5.32 Å². The van der Waals surface area contributed by atoms with Gasteiger partial charge in [-0.3, -0.25) is 0 Å². The summed E-state index contributed by atoms with van der Waals surface area (Å²) < 4.78 is 5.43. The first-order valence-electron chi connectivity index (χ1n) is 7.83. The summed E-state index contributed by atoms with van der Waals surface area (Å²) in [5.41, 5.74) is 2.14. The van der Waals surface area contributed by atoms with Crippen molar-refractivity contribution < 1.29 is 9.84 Å². The highest BCUT2D eigenvalue weighted by Crippen LogP contribution is 2.56. The molecule has 0 radical (unpaired) electrons. The molecule has 3 atom stereocenters. The van der Waals surface area contributed by atoms with Crippen LogP contribution in [0.1, 0.15) is 43.2 Å². The van der Waals surface area contributed by atoms with Crippen molar-refractivity contribution in [2.45, 2.75) is 55.6 Å². The molecule has 0 spiro atoms. The lowest BCUT2D eigenvalue weighted by atomic mass is 9.50.